The summed E-state index contributed by atoms with van der Waals surface area (Å²) < 4.78 is 28.2. The number of nitrogens with zero attached hydrogens (tertiary/aromatic N) is 2. The molecule has 11 heteroatoms. The maximum Gasteiger partial charge on any atom is 0.257 e. The van der Waals surface area contributed by atoms with Crippen LogP contribution in [-0.4, -0.2) is 47.1 Å². The summed E-state index contributed by atoms with van der Waals surface area (Å²) in [5.41, 5.74) is 5.08. The lowest BCUT2D eigenvalue weighted by atomic mass is 9.81. The van der Waals surface area contributed by atoms with Crippen LogP contribution in [0, 0.1) is 12.7 Å². The van der Waals surface area contributed by atoms with Gasteiger partial charge in [-0.2, -0.15) is 0 Å². The summed E-state index contributed by atoms with van der Waals surface area (Å²) in [7, 11) is 1.51. The molecule has 0 bridgehead atoms. The fourth-order valence-corrected chi connectivity index (χ4v) is 7.40. The number of pyridine rings is 2. The Bertz CT molecular complexity index is 2060. The molecule has 10 nitrogen and oxygen atoms in total. The Morgan fingerprint density at radius 3 is 2.65 bits per heavy atom. The molecule has 6 rings (SSSR count). The first-order valence-electron chi connectivity index (χ1n) is 17.6. The summed E-state index contributed by atoms with van der Waals surface area (Å²) in [5.74, 6) is -1.40. The topological polar surface area (TPSA) is 129 Å². The number of carbonyl (C=O) groups excluding carboxylic acids is 3. The van der Waals surface area contributed by atoms with Crippen molar-refractivity contribution >= 4 is 29.0 Å². The Morgan fingerprint density at radius 2 is 1.94 bits per heavy atom. The second-order valence-corrected chi connectivity index (χ2v) is 14.0. The Balaban J connectivity index is 1.27. The van der Waals surface area contributed by atoms with Gasteiger partial charge in [0.25, 0.3) is 11.5 Å². The van der Waals surface area contributed by atoms with Crippen molar-refractivity contribution in [2.75, 3.05) is 13.8 Å². The lowest BCUT2D eigenvalue weighted by Crippen LogP contribution is -2.48. The molecule has 2 unspecified atom stereocenters. The number of fused-ring (bicyclic) bond motifs is 4. The molecular formula is C40H45FN4O6. The largest absolute Gasteiger partial charge is 0.380 e. The molecule has 2 aliphatic rings. The number of carbonyl (C=O) groups is 3. The number of nitrogens with one attached hydrogen (secondary N) is 2. The Labute approximate surface area is 296 Å². The second-order valence-electron chi connectivity index (χ2n) is 14.0. The van der Waals surface area contributed by atoms with Gasteiger partial charge in [0, 0.05) is 42.0 Å². The molecule has 4 aromatic rings. The summed E-state index contributed by atoms with van der Waals surface area (Å²) in [6.45, 7) is 7.06. The van der Waals surface area contributed by atoms with Crippen LogP contribution in [0.5, 0.6) is 0 Å². The van der Waals surface area contributed by atoms with Crippen LogP contribution >= 0.6 is 0 Å². The molecule has 268 valence electrons. The van der Waals surface area contributed by atoms with E-state index in [1.54, 1.807) is 25.3 Å². The third-order valence-corrected chi connectivity index (χ3v) is 10.3. The lowest BCUT2D eigenvalue weighted by Gasteiger charge is -2.32. The van der Waals surface area contributed by atoms with Crippen LogP contribution in [0.2, 0.25) is 0 Å². The van der Waals surface area contributed by atoms with Crippen molar-refractivity contribution in [1.29, 1.82) is 0 Å². The summed E-state index contributed by atoms with van der Waals surface area (Å²) in [5, 5.41) is 6.72. The molecule has 2 amide bonds. The fourth-order valence-electron chi connectivity index (χ4n) is 7.40. The summed E-state index contributed by atoms with van der Waals surface area (Å²) >= 11 is 0. The average molecular weight is 697 g/mol. The standard InChI is InChI=1S/C40H45FN4O6/c1-6-25(20-46)27-17-33-37-28(19-45(33)38(48)29(27)21-50-5)36-31(16-15-26-23(2)30(41)18-32(43-37)35(26)36)44-39(49)40(3,4)51-22-42-34(47)14-10-13-24-11-8-7-9-12-24/h7-9,11-12,17-18,20,25,31H,6,10,13-16,19,21-22H2,1-5H3,(H,42,47)(H,44,49). The normalized spacial score (nSPS) is 15.3. The molecule has 3 heterocycles. The van der Waals surface area contributed by atoms with Gasteiger partial charge >= 0.3 is 0 Å². The zero-order valence-corrected chi connectivity index (χ0v) is 29.9. The zero-order chi connectivity index (χ0) is 36.4. The predicted octanol–water partition coefficient (Wildman–Crippen LogP) is 5.71. The van der Waals surface area contributed by atoms with E-state index in [2.05, 4.69) is 10.6 Å². The van der Waals surface area contributed by atoms with Gasteiger partial charge in [0.2, 0.25) is 5.91 Å². The smallest absolute Gasteiger partial charge is 0.257 e. The number of aryl methyl sites for hydroxylation is 2. The second kappa shape index (κ2) is 14.9. The minimum Gasteiger partial charge on any atom is -0.380 e. The van der Waals surface area contributed by atoms with E-state index >= 15 is 4.39 Å². The monoisotopic (exact) mass is 696 g/mol. The minimum atomic E-state index is -1.29. The fraction of sp³-hybridized carbons (Fsp3) is 0.425. The van der Waals surface area contributed by atoms with Crippen LogP contribution in [0.25, 0.3) is 22.3 Å². The van der Waals surface area contributed by atoms with Crippen molar-refractivity contribution in [2.24, 2.45) is 0 Å². The van der Waals surface area contributed by atoms with Gasteiger partial charge in [-0.25, -0.2) is 9.37 Å². The first-order valence-corrected chi connectivity index (χ1v) is 17.6. The Kier molecular flexibility index (Phi) is 10.5. The molecular weight excluding hydrogens is 651 g/mol. The summed E-state index contributed by atoms with van der Waals surface area (Å²) in [4.78, 5) is 57.3. The van der Waals surface area contributed by atoms with E-state index < -0.39 is 17.6 Å². The van der Waals surface area contributed by atoms with Crippen molar-refractivity contribution in [1.82, 2.24) is 20.2 Å². The zero-order valence-electron chi connectivity index (χ0n) is 29.9. The van der Waals surface area contributed by atoms with E-state index in [9.17, 15) is 19.2 Å². The number of hydrogen-bond donors (Lipinski definition) is 2. The number of aromatic nitrogens is 2. The van der Waals surface area contributed by atoms with E-state index in [0.29, 0.717) is 65.7 Å². The van der Waals surface area contributed by atoms with Crippen LogP contribution in [0.15, 0.2) is 47.3 Å². The van der Waals surface area contributed by atoms with Gasteiger partial charge in [0.05, 0.1) is 36.1 Å². The molecule has 0 radical (unpaired) electrons. The van der Waals surface area contributed by atoms with E-state index in [0.717, 1.165) is 34.8 Å². The third-order valence-electron chi connectivity index (χ3n) is 10.3. The number of methoxy groups -OCH3 is 1. The number of benzene rings is 2. The summed E-state index contributed by atoms with van der Waals surface area (Å²) in [6.07, 6.45) is 4.18. The number of hydrogen-bond acceptors (Lipinski definition) is 7. The van der Waals surface area contributed by atoms with Crippen LogP contribution in [0.4, 0.5) is 4.39 Å². The number of aldehydes is 1. The van der Waals surface area contributed by atoms with E-state index in [1.165, 1.54) is 18.7 Å². The van der Waals surface area contributed by atoms with Gasteiger partial charge in [-0.15, -0.1) is 0 Å². The molecule has 0 saturated heterocycles. The minimum absolute atomic E-state index is 0.0495. The molecule has 0 fully saturated rings. The molecule has 2 aromatic heterocycles. The highest BCUT2D eigenvalue weighted by molar-refractivity contribution is 5.94. The number of halogens is 1. The summed E-state index contributed by atoms with van der Waals surface area (Å²) in [6, 6.07) is 12.7. The van der Waals surface area contributed by atoms with Gasteiger partial charge in [0.1, 0.15) is 24.4 Å². The Hall–Kier alpha value is -4.74. The third kappa shape index (κ3) is 6.97. The van der Waals surface area contributed by atoms with Crippen LogP contribution in [-0.2, 0) is 49.9 Å². The van der Waals surface area contributed by atoms with Crippen molar-refractivity contribution in [3.63, 3.8) is 0 Å². The molecule has 51 heavy (non-hydrogen) atoms. The Morgan fingerprint density at radius 1 is 1.18 bits per heavy atom. The van der Waals surface area contributed by atoms with Crippen LogP contribution < -0.4 is 16.2 Å². The number of amides is 2. The molecule has 2 N–H and O–H groups in total. The van der Waals surface area contributed by atoms with E-state index in [4.69, 9.17) is 14.5 Å². The van der Waals surface area contributed by atoms with Gasteiger partial charge in [-0.3, -0.25) is 14.4 Å². The highest BCUT2D eigenvalue weighted by Crippen LogP contribution is 2.45. The SMILES string of the molecule is CCC(C=O)c1cc2n(c(=O)c1COC)Cc1c-2nc2cc(F)c(C)c3c2c1C(NC(=O)C(C)(C)OCNC(=O)CCCc1ccccc1)CC3. The maximum absolute atomic E-state index is 15.3. The first kappa shape index (κ1) is 36.1. The van der Waals surface area contributed by atoms with Gasteiger partial charge in [-0.05, 0) is 86.8 Å². The molecule has 0 spiro atoms. The quantitative estimate of drug-likeness (QED) is 0.113. The molecule has 2 atom stereocenters. The predicted molar refractivity (Wildman–Crippen MR) is 192 cm³/mol. The van der Waals surface area contributed by atoms with Crippen LogP contribution in [0.1, 0.15) is 97.4 Å². The van der Waals surface area contributed by atoms with E-state index in [1.807, 2.05) is 43.3 Å². The van der Waals surface area contributed by atoms with Crippen molar-refractivity contribution in [3.8, 4) is 11.4 Å². The molecule has 1 aliphatic carbocycles. The lowest BCUT2D eigenvalue weighted by molar-refractivity contribution is -0.146. The highest BCUT2D eigenvalue weighted by atomic mass is 19.1. The first-order chi connectivity index (χ1) is 24.5. The number of ether oxygens (including phenoxy) is 2. The number of rotatable bonds is 14. The van der Waals surface area contributed by atoms with Gasteiger partial charge in [0.15, 0.2) is 0 Å². The van der Waals surface area contributed by atoms with Crippen molar-refractivity contribution < 1.29 is 28.2 Å². The van der Waals surface area contributed by atoms with Crippen molar-refractivity contribution in [2.45, 2.75) is 96.9 Å². The van der Waals surface area contributed by atoms with Crippen molar-refractivity contribution in [3.05, 3.63) is 97.6 Å². The van der Waals surface area contributed by atoms with Crippen LogP contribution in [0.3, 0.4) is 0 Å². The molecule has 2 aromatic carbocycles. The molecule has 1 aliphatic heterocycles. The van der Waals surface area contributed by atoms with E-state index in [-0.39, 0.29) is 43.1 Å². The molecule has 0 saturated carbocycles. The van der Waals surface area contributed by atoms with Gasteiger partial charge < -0.3 is 29.5 Å². The highest BCUT2D eigenvalue weighted by Gasteiger charge is 2.38. The van der Waals surface area contributed by atoms with Gasteiger partial charge in [-0.1, -0.05) is 37.3 Å². The maximum atomic E-state index is 15.3. The average Bonchev–Trinajstić information content (AvgIpc) is 3.48.